The fourth-order valence-electron chi connectivity index (χ4n) is 2.22. The molecule has 1 N–H and O–H groups in total. The SMILES string of the molecule is CN(C)CCOc1ccc(-c2cc(-c3ccncc3)[nH]n2)cc1. The van der Waals surface area contributed by atoms with Crippen LogP contribution in [0.1, 0.15) is 0 Å². The van der Waals surface area contributed by atoms with E-state index in [4.69, 9.17) is 4.74 Å². The van der Waals surface area contributed by atoms with E-state index in [-0.39, 0.29) is 0 Å². The number of pyridine rings is 1. The van der Waals surface area contributed by atoms with Crippen LogP contribution in [0.15, 0.2) is 54.9 Å². The summed E-state index contributed by atoms with van der Waals surface area (Å²) in [5.41, 5.74) is 4.02. The summed E-state index contributed by atoms with van der Waals surface area (Å²) in [6, 6.07) is 14.0. The predicted molar refractivity (Wildman–Crippen MR) is 91.3 cm³/mol. The van der Waals surface area contributed by atoms with Crippen LogP contribution in [0.3, 0.4) is 0 Å². The number of hydrogen-bond donors (Lipinski definition) is 1. The summed E-state index contributed by atoms with van der Waals surface area (Å²) in [6.07, 6.45) is 3.55. The first-order valence-electron chi connectivity index (χ1n) is 7.56. The number of nitrogens with one attached hydrogen (secondary N) is 1. The minimum Gasteiger partial charge on any atom is -0.492 e. The second-order valence-corrected chi connectivity index (χ2v) is 5.58. The molecule has 2 heterocycles. The minimum atomic E-state index is 0.681. The molecule has 118 valence electrons. The molecule has 0 saturated heterocycles. The van der Waals surface area contributed by atoms with Crippen molar-refractivity contribution in [3.63, 3.8) is 0 Å². The summed E-state index contributed by atoms with van der Waals surface area (Å²) >= 11 is 0. The van der Waals surface area contributed by atoms with Gasteiger partial charge in [0.25, 0.3) is 0 Å². The van der Waals surface area contributed by atoms with Gasteiger partial charge in [0.05, 0.1) is 11.4 Å². The fraction of sp³-hybridized carbons (Fsp3) is 0.222. The normalized spacial score (nSPS) is 10.9. The third-order valence-electron chi connectivity index (χ3n) is 3.53. The van der Waals surface area contributed by atoms with Crippen molar-refractivity contribution >= 4 is 0 Å². The third-order valence-corrected chi connectivity index (χ3v) is 3.53. The van der Waals surface area contributed by atoms with Gasteiger partial charge in [-0.2, -0.15) is 5.10 Å². The first kappa shape index (κ1) is 15.2. The van der Waals surface area contributed by atoms with Crippen molar-refractivity contribution in [2.24, 2.45) is 0 Å². The Morgan fingerprint density at radius 2 is 1.74 bits per heavy atom. The lowest BCUT2D eigenvalue weighted by molar-refractivity contribution is 0.261. The van der Waals surface area contributed by atoms with E-state index < -0.39 is 0 Å². The van der Waals surface area contributed by atoms with Gasteiger partial charge >= 0.3 is 0 Å². The molecule has 0 fully saturated rings. The molecule has 1 aromatic carbocycles. The molecule has 0 aliphatic rings. The standard InChI is InChI=1S/C18H20N4O/c1-22(2)11-12-23-16-5-3-14(4-6-16)17-13-18(21-20-17)15-7-9-19-10-8-15/h3-10,13H,11-12H2,1-2H3,(H,20,21). The summed E-state index contributed by atoms with van der Waals surface area (Å²) in [4.78, 5) is 6.13. The molecule has 5 heteroatoms. The summed E-state index contributed by atoms with van der Waals surface area (Å²) in [5.74, 6) is 0.875. The molecule has 0 radical (unpaired) electrons. The molecule has 0 bridgehead atoms. The molecule has 0 saturated carbocycles. The highest BCUT2D eigenvalue weighted by molar-refractivity contribution is 5.68. The first-order valence-corrected chi connectivity index (χ1v) is 7.56. The maximum absolute atomic E-state index is 5.71. The van der Waals surface area contributed by atoms with Crippen LogP contribution in [0.5, 0.6) is 5.75 Å². The largest absolute Gasteiger partial charge is 0.492 e. The zero-order chi connectivity index (χ0) is 16.1. The van der Waals surface area contributed by atoms with Gasteiger partial charge in [0, 0.05) is 30.1 Å². The van der Waals surface area contributed by atoms with Crippen LogP contribution in [0.2, 0.25) is 0 Å². The van der Waals surface area contributed by atoms with E-state index in [1.54, 1.807) is 12.4 Å². The summed E-state index contributed by atoms with van der Waals surface area (Å²) in [7, 11) is 4.06. The number of hydrogen-bond acceptors (Lipinski definition) is 4. The van der Waals surface area contributed by atoms with Crippen LogP contribution in [-0.4, -0.2) is 47.3 Å². The number of H-pyrrole nitrogens is 1. The van der Waals surface area contributed by atoms with E-state index in [0.29, 0.717) is 6.61 Å². The van der Waals surface area contributed by atoms with E-state index >= 15 is 0 Å². The Balaban J connectivity index is 1.69. The number of ether oxygens (including phenoxy) is 1. The van der Waals surface area contributed by atoms with Crippen molar-refractivity contribution in [1.29, 1.82) is 0 Å². The molecular weight excluding hydrogens is 288 g/mol. The van der Waals surface area contributed by atoms with Crippen molar-refractivity contribution in [2.75, 3.05) is 27.2 Å². The molecule has 0 amide bonds. The number of benzene rings is 1. The molecule has 3 aromatic rings. The Hall–Kier alpha value is -2.66. The van der Waals surface area contributed by atoms with Gasteiger partial charge in [-0.1, -0.05) is 0 Å². The lowest BCUT2D eigenvalue weighted by Crippen LogP contribution is -2.19. The van der Waals surface area contributed by atoms with E-state index in [2.05, 4.69) is 20.1 Å². The Bertz CT molecular complexity index is 735. The molecule has 2 aromatic heterocycles. The highest BCUT2D eigenvalue weighted by Crippen LogP contribution is 2.25. The molecule has 3 rings (SSSR count). The monoisotopic (exact) mass is 308 g/mol. The minimum absolute atomic E-state index is 0.681. The molecule has 0 atom stereocenters. The maximum atomic E-state index is 5.71. The van der Waals surface area contributed by atoms with Gasteiger partial charge in [-0.3, -0.25) is 10.1 Å². The summed E-state index contributed by atoms with van der Waals surface area (Å²) in [5, 5.41) is 7.45. The van der Waals surface area contributed by atoms with Crippen LogP contribution >= 0.6 is 0 Å². The van der Waals surface area contributed by atoms with Gasteiger partial charge in [0.2, 0.25) is 0 Å². The number of aromatic amines is 1. The number of nitrogens with zero attached hydrogens (tertiary/aromatic N) is 3. The molecule has 0 unspecified atom stereocenters. The van der Waals surface area contributed by atoms with Crippen LogP contribution in [0, 0.1) is 0 Å². The highest BCUT2D eigenvalue weighted by Gasteiger charge is 2.06. The molecular formula is C18H20N4O. The van der Waals surface area contributed by atoms with Crippen molar-refractivity contribution in [2.45, 2.75) is 0 Å². The van der Waals surface area contributed by atoms with Crippen molar-refractivity contribution in [3.05, 3.63) is 54.9 Å². The topological polar surface area (TPSA) is 54.0 Å². The van der Waals surface area contributed by atoms with Crippen molar-refractivity contribution in [1.82, 2.24) is 20.1 Å². The number of likely N-dealkylation sites (N-methyl/N-ethyl adjacent to an activating group) is 1. The average molecular weight is 308 g/mol. The van der Waals surface area contributed by atoms with E-state index in [9.17, 15) is 0 Å². The quantitative estimate of drug-likeness (QED) is 0.760. The summed E-state index contributed by atoms with van der Waals surface area (Å²) in [6.45, 7) is 1.58. The Labute approximate surface area is 135 Å². The smallest absolute Gasteiger partial charge is 0.119 e. The lowest BCUT2D eigenvalue weighted by Gasteiger charge is -2.11. The van der Waals surface area contributed by atoms with E-state index in [1.807, 2.05) is 56.6 Å². The zero-order valence-corrected chi connectivity index (χ0v) is 13.4. The van der Waals surface area contributed by atoms with E-state index in [1.165, 1.54) is 0 Å². The Kier molecular flexibility index (Phi) is 4.68. The zero-order valence-electron chi connectivity index (χ0n) is 13.4. The van der Waals surface area contributed by atoms with Gasteiger partial charge in [-0.05, 0) is 56.6 Å². The van der Waals surface area contributed by atoms with Gasteiger partial charge in [0.1, 0.15) is 12.4 Å². The lowest BCUT2D eigenvalue weighted by atomic mass is 10.1. The van der Waals surface area contributed by atoms with E-state index in [0.717, 1.165) is 34.8 Å². The maximum Gasteiger partial charge on any atom is 0.119 e. The molecule has 5 nitrogen and oxygen atoms in total. The van der Waals surface area contributed by atoms with Crippen LogP contribution in [0.25, 0.3) is 22.5 Å². The van der Waals surface area contributed by atoms with Crippen molar-refractivity contribution in [3.8, 4) is 28.3 Å². The molecule has 0 aliphatic heterocycles. The fourth-order valence-corrected chi connectivity index (χ4v) is 2.22. The number of rotatable bonds is 6. The second kappa shape index (κ2) is 7.07. The van der Waals surface area contributed by atoms with Crippen molar-refractivity contribution < 1.29 is 4.74 Å². The number of aromatic nitrogens is 3. The second-order valence-electron chi connectivity index (χ2n) is 5.58. The molecule has 23 heavy (non-hydrogen) atoms. The van der Waals surface area contributed by atoms with Gasteiger partial charge in [-0.15, -0.1) is 0 Å². The van der Waals surface area contributed by atoms with Crippen LogP contribution in [-0.2, 0) is 0 Å². The third kappa shape index (κ3) is 3.96. The Morgan fingerprint density at radius 1 is 1.00 bits per heavy atom. The van der Waals surface area contributed by atoms with Gasteiger partial charge in [0.15, 0.2) is 0 Å². The van der Waals surface area contributed by atoms with Crippen LogP contribution in [0.4, 0.5) is 0 Å². The Morgan fingerprint density at radius 3 is 2.43 bits per heavy atom. The first-order chi connectivity index (χ1) is 11.2. The molecule has 0 aliphatic carbocycles. The van der Waals surface area contributed by atoms with Crippen LogP contribution < -0.4 is 4.74 Å². The summed E-state index contributed by atoms with van der Waals surface area (Å²) < 4.78 is 5.71. The molecule has 0 spiro atoms. The van der Waals surface area contributed by atoms with Gasteiger partial charge in [-0.25, -0.2) is 0 Å². The highest BCUT2D eigenvalue weighted by atomic mass is 16.5. The predicted octanol–water partition coefficient (Wildman–Crippen LogP) is 3.08. The van der Waals surface area contributed by atoms with Gasteiger partial charge < -0.3 is 9.64 Å². The average Bonchev–Trinajstić information content (AvgIpc) is 3.06.